The number of para-hydroxylation sites is 1. The van der Waals surface area contributed by atoms with E-state index in [1.807, 2.05) is 24.3 Å². The zero-order valence-electron chi connectivity index (χ0n) is 11.7. The standard InChI is InChI=1S/C15H23N3O2/c16-11-12-3-1-2-4-14(12)17-15(20)7-8-18(9-10-19)13-5-6-13/h1-4,13,19H,5-11,16H2,(H,17,20). The van der Waals surface area contributed by atoms with Gasteiger partial charge in [-0.05, 0) is 24.5 Å². The quantitative estimate of drug-likeness (QED) is 0.660. The van der Waals surface area contributed by atoms with Crippen LogP contribution in [0.25, 0.3) is 0 Å². The second-order valence-electron chi connectivity index (χ2n) is 5.15. The predicted octanol–water partition coefficient (Wildman–Crippen LogP) is 0.931. The minimum atomic E-state index is -0.00510. The molecule has 5 heteroatoms. The zero-order chi connectivity index (χ0) is 14.4. The van der Waals surface area contributed by atoms with Crippen molar-refractivity contribution in [1.82, 2.24) is 4.90 Å². The molecule has 2 rings (SSSR count). The SMILES string of the molecule is NCc1ccccc1NC(=O)CCN(CCO)C1CC1. The Balaban J connectivity index is 1.82. The molecule has 0 bridgehead atoms. The molecule has 110 valence electrons. The summed E-state index contributed by atoms with van der Waals surface area (Å²) < 4.78 is 0. The van der Waals surface area contributed by atoms with Crippen LogP contribution in [0.3, 0.4) is 0 Å². The van der Waals surface area contributed by atoms with Crippen molar-refractivity contribution >= 4 is 11.6 Å². The first kappa shape index (κ1) is 15.0. The normalized spacial score (nSPS) is 14.6. The number of nitrogens with one attached hydrogen (secondary N) is 1. The van der Waals surface area contributed by atoms with Crippen LogP contribution < -0.4 is 11.1 Å². The van der Waals surface area contributed by atoms with Crippen molar-refractivity contribution < 1.29 is 9.90 Å². The molecule has 20 heavy (non-hydrogen) atoms. The van der Waals surface area contributed by atoms with Crippen LogP contribution in [0.1, 0.15) is 24.8 Å². The maximum absolute atomic E-state index is 12.0. The molecule has 1 aliphatic carbocycles. The van der Waals surface area contributed by atoms with Gasteiger partial charge in [0.2, 0.25) is 5.91 Å². The molecule has 1 fully saturated rings. The molecule has 0 heterocycles. The number of benzene rings is 1. The molecule has 0 radical (unpaired) electrons. The minimum Gasteiger partial charge on any atom is -0.395 e. The molecule has 5 nitrogen and oxygen atoms in total. The number of aliphatic hydroxyl groups excluding tert-OH is 1. The summed E-state index contributed by atoms with van der Waals surface area (Å²) in [6, 6.07) is 8.14. The number of anilines is 1. The average molecular weight is 277 g/mol. The fraction of sp³-hybridized carbons (Fsp3) is 0.533. The number of carbonyl (C=O) groups is 1. The van der Waals surface area contributed by atoms with E-state index in [1.165, 1.54) is 12.8 Å². The molecule has 0 atom stereocenters. The van der Waals surface area contributed by atoms with E-state index in [-0.39, 0.29) is 12.5 Å². The summed E-state index contributed by atoms with van der Waals surface area (Å²) in [4.78, 5) is 14.2. The third kappa shape index (κ3) is 4.30. The smallest absolute Gasteiger partial charge is 0.225 e. The lowest BCUT2D eigenvalue weighted by Crippen LogP contribution is -2.32. The van der Waals surface area contributed by atoms with Crippen LogP contribution >= 0.6 is 0 Å². The first-order valence-electron chi connectivity index (χ1n) is 7.17. The van der Waals surface area contributed by atoms with E-state index >= 15 is 0 Å². The van der Waals surface area contributed by atoms with E-state index in [0.29, 0.717) is 32.1 Å². The Morgan fingerprint density at radius 1 is 1.35 bits per heavy atom. The van der Waals surface area contributed by atoms with Gasteiger partial charge in [0.05, 0.1) is 6.61 Å². The van der Waals surface area contributed by atoms with Gasteiger partial charge in [-0.3, -0.25) is 9.69 Å². The van der Waals surface area contributed by atoms with Crippen LogP contribution in [0.4, 0.5) is 5.69 Å². The minimum absolute atomic E-state index is 0.00510. The zero-order valence-corrected chi connectivity index (χ0v) is 11.7. The van der Waals surface area contributed by atoms with Crippen molar-refractivity contribution in [1.29, 1.82) is 0 Å². The highest BCUT2D eigenvalue weighted by molar-refractivity contribution is 5.91. The van der Waals surface area contributed by atoms with E-state index in [9.17, 15) is 4.79 Å². The van der Waals surface area contributed by atoms with Gasteiger partial charge in [0, 0.05) is 37.8 Å². The lowest BCUT2D eigenvalue weighted by atomic mass is 10.1. The number of rotatable bonds is 8. The van der Waals surface area contributed by atoms with Crippen molar-refractivity contribution in [3.05, 3.63) is 29.8 Å². The highest BCUT2D eigenvalue weighted by Gasteiger charge is 2.28. The monoisotopic (exact) mass is 277 g/mol. The van der Waals surface area contributed by atoms with Crippen LogP contribution in [0, 0.1) is 0 Å². The van der Waals surface area contributed by atoms with Gasteiger partial charge >= 0.3 is 0 Å². The van der Waals surface area contributed by atoms with Gasteiger partial charge < -0.3 is 16.2 Å². The fourth-order valence-electron chi connectivity index (χ4n) is 2.32. The van der Waals surface area contributed by atoms with E-state index < -0.39 is 0 Å². The van der Waals surface area contributed by atoms with E-state index in [0.717, 1.165) is 11.3 Å². The molecule has 0 unspecified atom stereocenters. The number of nitrogens with two attached hydrogens (primary N) is 1. The third-order valence-corrected chi connectivity index (χ3v) is 3.59. The van der Waals surface area contributed by atoms with Gasteiger partial charge in [0.1, 0.15) is 0 Å². The molecule has 0 saturated heterocycles. The summed E-state index contributed by atoms with van der Waals surface area (Å²) >= 11 is 0. The topological polar surface area (TPSA) is 78.6 Å². The predicted molar refractivity (Wildman–Crippen MR) is 79.3 cm³/mol. The molecule has 0 aliphatic heterocycles. The second-order valence-corrected chi connectivity index (χ2v) is 5.15. The van der Waals surface area contributed by atoms with Crippen molar-refractivity contribution in [2.24, 2.45) is 5.73 Å². The number of hydrogen-bond donors (Lipinski definition) is 3. The van der Waals surface area contributed by atoms with Gasteiger partial charge in [0.15, 0.2) is 0 Å². The number of hydrogen-bond acceptors (Lipinski definition) is 4. The van der Waals surface area contributed by atoms with E-state index in [4.69, 9.17) is 10.8 Å². The van der Waals surface area contributed by atoms with Gasteiger partial charge in [-0.2, -0.15) is 0 Å². The molecule has 0 aromatic heterocycles. The lowest BCUT2D eigenvalue weighted by Gasteiger charge is -2.20. The summed E-state index contributed by atoms with van der Waals surface area (Å²) in [6.07, 6.45) is 2.80. The summed E-state index contributed by atoms with van der Waals surface area (Å²) in [5.74, 6) is -0.00510. The van der Waals surface area contributed by atoms with E-state index in [1.54, 1.807) is 0 Å². The van der Waals surface area contributed by atoms with Crippen molar-refractivity contribution in [2.45, 2.75) is 31.8 Å². The summed E-state index contributed by atoms with van der Waals surface area (Å²) in [6.45, 7) is 1.91. The Labute approximate surface area is 119 Å². The molecule has 1 aromatic rings. The first-order valence-corrected chi connectivity index (χ1v) is 7.17. The maximum atomic E-state index is 12.0. The van der Waals surface area contributed by atoms with Crippen molar-refractivity contribution in [3.63, 3.8) is 0 Å². The molecular formula is C15H23N3O2. The van der Waals surface area contributed by atoms with Gasteiger partial charge in [-0.1, -0.05) is 18.2 Å². The Hall–Kier alpha value is -1.43. The summed E-state index contributed by atoms with van der Waals surface area (Å²) in [5, 5.41) is 11.9. The third-order valence-electron chi connectivity index (χ3n) is 3.59. The largest absolute Gasteiger partial charge is 0.395 e. The van der Waals surface area contributed by atoms with Crippen LogP contribution in [0.2, 0.25) is 0 Å². The van der Waals surface area contributed by atoms with Crippen molar-refractivity contribution in [2.75, 3.05) is 25.0 Å². The number of carbonyl (C=O) groups excluding carboxylic acids is 1. The Morgan fingerprint density at radius 2 is 2.10 bits per heavy atom. The van der Waals surface area contributed by atoms with Gasteiger partial charge in [-0.15, -0.1) is 0 Å². The number of aliphatic hydroxyl groups is 1. The highest BCUT2D eigenvalue weighted by atomic mass is 16.3. The second kappa shape index (κ2) is 7.38. The van der Waals surface area contributed by atoms with Crippen LogP contribution in [-0.4, -0.2) is 41.7 Å². The molecule has 1 amide bonds. The van der Waals surface area contributed by atoms with Gasteiger partial charge in [-0.25, -0.2) is 0 Å². The Bertz CT molecular complexity index is 446. The summed E-state index contributed by atoms with van der Waals surface area (Å²) in [5.41, 5.74) is 7.38. The Kier molecular flexibility index (Phi) is 5.52. The van der Waals surface area contributed by atoms with Crippen LogP contribution in [0.15, 0.2) is 24.3 Å². The van der Waals surface area contributed by atoms with Crippen molar-refractivity contribution in [3.8, 4) is 0 Å². The molecule has 1 saturated carbocycles. The lowest BCUT2D eigenvalue weighted by molar-refractivity contribution is -0.116. The Morgan fingerprint density at radius 3 is 2.75 bits per heavy atom. The first-order chi connectivity index (χ1) is 9.74. The highest BCUT2D eigenvalue weighted by Crippen LogP contribution is 2.26. The number of amides is 1. The molecule has 1 aliphatic rings. The molecular weight excluding hydrogens is 254 g/mol. The summed E-state index contributed by atoms with van der Waals surface area (Å²) in [7, 11) is 0. The number of nitrogens with zero attached hydrogens (tertiary/aromatic N) is 1. The molecule has 4 N–H and O–H groups in total. The van der Waals surface area contributed by atoms with Gasteiger partial charge in [0.25, 0.3) is 0 Å². The van der Waals surface area contributed by atoms with Crippen LogP contribution in [-0.2, 0) is 11.3 Å². The van der Waals surface area contributed by atoms with E-state index in [2.05, 4.69) is 10.2 Å². The van der Waals surface area contributed by atoms with Crippen LogP contribution in [0.5, 0.6) is 0 Å². The average Bonchev–Trinajstić information content (AvgIpc) is 3.28. The fourth-order valence-corrected chi connectivity index (χ4v) is 2.32. The molecule has 1 aromatic carbocycles. The maximum Gasteiger partial charge on any atom is 0.225 e. The molecule has 0 spiro atoms.